The quantitative estimate of drug-likeness (QED) is 0.322. The van der Waals surface area contributed by atoms with Crippen molar-refractivity contribution < 1.29 is 27.8 Å². The first-order valence-corrected chi connectivity index (χ1v) is 11.1. The van der Waals surface area contributed by atoms with Crippen LogP contribution in [0.1, 0.15) is 49.7 Å². The van der Waals surface area contributed by atoms with Crippen LogP contribution in [0.2, 0.25) is 0 Å². The predicted molar refractivity (Wildman–Crippen MR) is 123 cm³/mol. The van der Waals surface area contributed by atoms with Crippen LogP contribution in [0.5, 0.6) is 0 Å². The Kier molecular flexibility index (Phi) is 8.39. The lowest BCUT2D eigenvalue weighted by Gasteiger charge is -2.26. The number of hydrogen-bond donors (Lipinski definition) is 1. The van der Waals surface area contributed by atoms with Crippen LogP contribution in [-0.4, -0.2) is 17.8 Å². The molecule has 2 aromatic rings. The Hall–Kier alpha value is -2.99. The van der Waals surface area contributed by atoms with Crippen molar-refractivity contribution in [1.82, 2.24) is 0 Å². The predicted octanol–water partition coefficient (Wildman–Crippen LogP) is 7.08. The van der Waals surface area contributed by atoms with Crippen LogP contribution in [0.15, 0.2) is 73.0 Å². The lowest BCUT2D eigenvalue weighted by Crippen LogP contribution is -2.18. The molecule has 1 N–H and O–H groups in total. The van der Waals surface area contributed by atoms with E-state index in [1.54, 1.807) is 43.3 Å². The molecule has 1 aliphatic carbocycles. The summed E-state index contributed by atoms with van der Waals surface area (Å²) in [7, 11) is 0. The maximum Gasteiger partial charge on any atom is 0.168 e. The van der Waals surface area contributed by atoms with Gasteiger partial charge in [-0.3, -0.25) is 0 Å². The summed E-state index contributed by atoms with van der Waals surface area (Å²) in [5, 5.41) is 9.65. The maximum atomic E-state index is 14.9. The molecule has 1 fully saturated rings. The highest BCUT2D eigenvalue weighted by Gasteiger charge is 2.25. The fourth-order valence-electron chi connectivity index (χ4n) is 3.95. The minimum Gasteiger partial charge on any atom is -0.491 e. The van der Waals surface area contributed by atoms with E-state index in [4.69, 9.17) is 9.47 Å². The number of benzene rings is 2. The van der Waals surface area contributed by atoms with Gasteiger partial charge >= 0.3 is 0 Å². The first kappa shape index (κ1) is 24.6. The SMILES string of the molecule is C=C(/C=C(/F)C(=C)OCC)OCc1ccc(-c2ccc(C3CCC(O)CC3)c(F)c2F)cc1. The first-order chi connectivity index (χ1) is 15.8. The zero-order chi connectivity index (χ0) is 24.0. The Balaban J connectivity index is 1.65. The molecule has 0 bridgehead atoms. The van der Waals surface area contributed by atoms with E-state index in [1.165, 1.54) is 0 Å². The zero-order valence-corrected chi connectivity index (χ0v) is 18.8. The lowest BCUT2D eigenvalue weighted by molar-refractivity contribution is 0.122. The van der Waals surface area contributed by atoms with E-state index >= 15 is 0 Å². The maximum absolute atomic E-state index is 14.9. The van der Waals surface area contributed by atoms with Gasteiger partial charge in [0.1, 0.15) is 18.1 Å². The molecule has 6 heteroatoms. The molecule has 2 aromatic carbocycles. The molecule has 3 rings (SSSR count). The van der Waals surface area contributed by atoms with Gasteiger partial charge in [-0.05, 0) is 55.2 Å². The number of ether oxygens (including phenoxy) is 2. The van der Waals surface area contributed by atoms with Gasteiger partial charge in [-0.15, -0.1) is 0 Å². The van der Waals surface area contributed by atoms with Gasteiger partial charge in [0.05, 0.1) is 12.7 Å². The largest absolute Gasteiger partial charge is 0.491 e. The monoisotopic (exact) mass is 458 g/mol. The van der Waals surface area contributed by atoms with Crippen LogP contribution in [0.4, 0.5) is 13.2 Å². The number of rotatable bonds is 9. The second-order valence-electron chi connectivity index (χ2n) is 8.14. The van der Waals surface area contributed by atoms with Gasteiger partial charge in [-0.25, -0.2) is 13.2 Å². The molecule has 0 aromatic heterocycles. The molecule has 0 saturated heterocycles. The van der Waals surface area contributed by atoms with Crippen molar-refractivity contribution in [1.29, 1.82) is 0 Å². The van der Waals surface area contributed by atoms with E-state index in [-0.39, 0.29) is 35.7 Å². The third-order valence-electron chi connectivity index (χ3n) is 5.81. The Morgan fingerprint density at radius 3 is 2.30 bits per heavy atom. The molecule has 33 heavy (non-hydrogen) atoms. The fraction of sp³-hybridized carbons (Fsp3) is 0.333. The third kappa shape index (κ3) is 6.29. The topological polar surface area (TPSA) is 38.7 Å². The van der Waals surface area contributed by atoms with Gasteiger partial charge in [-0.1, -0.05) is 49.6 Å². The summed E-state index contributed by atoms with van der Waals surface area (Å²) >= 11 is 0. The van der Waals surface area contributed by atoms with E-state index in [0.29, 0.717) is 43.4 Å². The number of hydrogen-bond acceptors (Lipinski definition) is 3. The fourth-order valence-corrected chi connectivity index (χ4v) is 3.95. The first-order valence-electron chi connectivity index (χ1n) is 11.1. The van der Waals surface area contributed by atoms with Crippen molar-refractivity contribution in [3.05, 3.63) is 95.7 Å². The van der Waals surface area contributed by atoms with Crippen LogP contribution < -0.4 is 0 Å². The van der Waals surface area contributed by atoms with Crippen LogP contribution in [0.25, 0.3) is 11.1 Å². The normalized spacial score (nSPS) is 18.6. The van der Waals surface area contributed by atoms with Crippen molar-refractivity contribution in [3.63, 3.8) is 0 Å². The summed E-state index contributed by atoms with van der Waals surface area (Å²) in [6, 6.07) is 10.1. The number of allylic oxidation sites excluding steroid dienone is 2. The van der Waals surface area contributed by atoms with Gasteiger partial charge < -0.3 is 14.6 Å². The molecule has 0 radical (unpaired) electrons. The Labute approximate surface area is 192 Å². The number of aliphatic hydroxyl groups is 1. The average Bonchev–Trinajstić information content (AvgIpc) is 2.81. The Morgan fingerprint density at radius 2 is 1.67 bits per heavy atom. The molecule has 3 nitrogen and oxygen atoms in total. The Bertz CT molecular complexity index is 1020. The van der Waals surface area contributed by atoms with E-state index in [0.717, 1.165) is 11.6 Å². The summed E-state index contributed by atoms with van der Waals surface area (Å²) in [5.74, 6) is -2.41. The molecule has 0 aliphatic heterocycles. The van der Waals surface area contributed by atoms with E-state index < -0.39 is 17.5 Å². The van der Waals surface area contributed by atoms with Gasteiger partial charge in [0.15, 0.2) is 17.5 Å². The second kappa shape index (κ2) is 11.2. The molecule has 1 saturated carbocycles. The van der Waals surface area contributed by atoms with Crippen molar-refractivity contribution in [2.45, 2.75) is 51.2 Å². The van der Waals surface area contributed by atoms with Crippen LogP contribution in [-0.2, 0) is 16.1 Å². The molecule has 0 heterocycles. The smallest absolute Gasteiger partial charge is 0.168 e. The lowest BCUT2D eigenvalue weighted by atomic mass is 9.82. The molecule has 176 valence electrons. The molecule has 0 spiro atoms. The highest BCUT2D eigenvalue weighted by Crippen LogP contribution is 2.37. The van der Waals surface area contributed by atoms with E-state index in [9.17, 15) is 18.3 Å². The molecule has 0 atom stereocenters. The van der Waals surface area contributed by atoms with Crippen molar-refractivity contribution in [3.8, 4) is 11.1 Å². The summed E-state index contributed by atoms with van der Waals surface area (Å²) in [4.78, 5) is 0. The number of aliphatic hydroxyl groups excluding tert-OH is 1. The molecular weight excluding hydrogens is 429 g/mol. The Morgan fingerprint density at radius 1 is 1.00 bits per heavy atom. The summed E-state index contributed by atoms with van der Waals surface area (Å²) in [5.41, 5.74) is 1.86. The standard InChI is InChI=1S/C27H29F3O3/c1-4-32-18(3)25(28)15-17(2)33-16-19-5-7-20(8-6-19)23-13-14-24(27(30)26(23)29)21-9-11-22(31)12-10-21/h5-8,13-15,21-22,31H,2-4,9-12,16H2,1H3/b25-15+. The zero-order valence-electron chi connectivity index (χ0n) is 18.8. The van der Waals surface area contributed by atoms with E-state index in [1.807, 2.05) is 0 Å². The molecule has 1 aliphatic rings. The second-order valence-corrected chi connectivity index (χ2v) is 8.14. The van der Waals surface area contributed by atoms with Crippen molar-refractivity contribution >= 4 is 0 Å². The summed E-state index contributed by atoms with van der Waals surface area (Å²) in [6.07, 6.45) is 3.25. The third-order valence-corrected chi connectivity index (χ3v) is 5.81. The highest BCUT2D eigenvalue weighted by molar-refractivity contribution is 5.65. The molecule has 0 amide bonds. The van der Waals surface area contributed by atoms with Gasteiger partial charge in [0, 0.05) is 11.6 Å². The van der Waals surface area contributed by atoms with E-state index in [2.05, 4.69) is 13.2 Å². The van der Waals surface area contributed by atoms with Gasteiger partial charge in [0.2, 0.25) is 0 Å². The van der Waals surface area contributed by atoms with Gasteiger partial charge in [-0.2, -0.15) is 0 Å². The van der Waals surface area contributed by atoms with Gasteiger partial charge in [0.25, 0.3) is 0 Å². The highest BCUT2D eigenvalue weighted by atomic mass is 19.2. The molecular formula is C27H29F3O3. The minimum absolute atomic E-state index is 0.0748. The van der Waals surface area contributed by atoms with Crippen molar-refractivity contribution in [2.75, 3.05) is 6.61 Å². The van der Waals surface area contributed by atoms with Crippen LogP contribution in [0.3, 0.4) is 0 Å². The van der Waals surface area contributed by atoms with Crippen LogP contribution >= 0.6 is 0 Å². The summed E-state index contributed by atoms with van der Waals surface area (Å²) in [6.45, 7) is 9.28. The van der Waals surface area contributed by atoms with Crippen LogP contribution in [0, 0.1) is 11.6 Å². The number of halogens is 3. The average molecular weight is 459 g/mol. The minimum atomic E-state index is -0.869. The summed E-state index contributed by atoms with van der Waals surface area (Å²) < 4.78 is 53.9. The molecule has 0 unspecified atom stereocenters. The van der Waals surface area contributed by atoms with Crippen molar-refractivity contribution in [2.24, 2.45) is 0 Å².